The standard InChI is InChI=1S/C59H41N5Si/c1-65(2)54-31-16-12-25-46(54)47-34-32-40(36-55(47)65)58-60-57(39-20-7-4-8-21-39)61-59(62-58)49-37-41(33-35-42(49)38-18-5-3-6-19-38)63-50-27-13-11-24-45(50)48-26-17-30-53(56(48)63)64-51-28-14-9-22-43(51)44-23-10-15-29-52(44)64/h3-37H,1-2H3. The fraction of sp³-hybridized carbons (Fsp3) is 0.0339. The van der Waals surface area contributed by atoms with E-state index in [1.54, 1.807) is 0 Å². The van der Waals surface area contributed by atoms with Crippen molar-refractivity contribution in [3.8, 4) is 67.8 Å². The van der Waals surface area contributed by atoms with Gasteiger partial charge in [0.2, 0.25) is 0 Å². The van der Waals surface area contributed by atoms with Crippen LogP contribution in [0.2, 0.25) is 13.1 Å². The molecule has 13 rings (SSSR count). The summed E-state index contributed by atoms with van der Waals surface area (Å²) < 4.78 is 4.87. The van der Waals surface area contributed by atoms with Crippen molar-refractivity contribution < 1.29 is 0 Å². The van der Waals surface area contributed by atoms with E-state index in [0.717, 1.165) is 50.2 Å². The van der Waals surface area contributed by atoms with E-state index in [9.17, 15) is 0 Å². The molecule has 0 unspecified atom stereocenters. The summed E-state index contributed by atoms with van der Waals surface area (Å²) in [7, 11) is -1.97. The average molecular weight is 848 g/mol. The number of fused-ring (bicyclic) bond motifs is 9. The Balaban J connectivity index is 1.08. The Morgan fingerprint density at radius 3 is 1.57 bits per heavy atom. The average Bonchev–Trinajstić information content (AvgIpc) is 3.97. The summed E-state index contributed by atoms with van der Waals surface area (Å²) in [5.41, 5.74) is 14.4. The summed E-state index contributed by atoms with van der Waals surface area (Å²) in [5.74, 6) is 1.92. The van der Waals surface area contributed by atoms with Gasteiger partial charge in [-0.25, -0.2) is 15.0 Å². The number of para-hydroxylation sites is 4. The first-order valence-electron chi connectivity index (χ1n) is 22.3. The lowest BCUT2D eigenvalue weighted by molar-refractivity contribution is 1.07. The molecule has 0 N–H and O–H groups in total. The second-order valence-electron chi connectivity index (χ2n) is 17.6. The lowest BCUT2D eigenvalue weighted by Crippen LogP contribution is -2.49. The minimum atomic E-state index is -1.97. The van der Waals surface area contributed by atoms with Crippen LogP contribution >= 0.6 is 0 Å². The zero-order valence-electron chi connectivity index (χ0n) is 35.9. The molecule has 0 radical (unpaired) electrons. The van der Waals surface area contributed by atoms with Crippen molar-refractivity contribution in [2.45, 2.75) is 13.1 Å². The highest BCUT2D eigenvalue weighted by Crippen LogP contribution is 2.42. The molecule has 0 saturated heterocycles. The van der Waals surface area contributed by atoms with Gasteiger partial charge in [0.15, 0.2) is 17.5 Å². The van der Waals surface area contributed by atoms with E-state index in [2.05, 4.69) is 216 Å². The van der Waals surface area contributed by atoms with Crippen LogP contribution in [-0.4, -0.2) is 32.2 Å². The minimum absolute atomic E-state index is 0.623. The third-order valence-corrected chi connectivity index (χ3v) is 17.1. The van der Waals surface area contributed by atoms with Crippen molar-refractivity contribution in [1.29, 1.82) is 0 Å². The first-order valence-corrected chi connectivity index (χ1v) is 25.3. The molecule has 9 aromatic carbocycles. The second kappa shape index (κ2) is 14.4. The number of benzene rings is 9. The van der Waals surface area contributed by atoms with Crippen LogP contribution in [0, 0.1) is 0 Å². The van der Waals surface area contributed by atoms with Gasteiger partial charge in [-0.1, -0.05) is 189 Å². The molecule has 306 valence electrons. The molecule has 0 saturated carbocycles. The lowest BCUT2D eigenvalue weighted by Gasteiger charge is -2.19. The molecule has 3 aromatic heterocycles. The number of rotatable bonds is 6. The molecule has 0 bridgehead atoms. The number of nitrogens with zero attached hydrogens (tertiary/aromatic N) is 5. The highest BCUT2D eigenvalue weighted by Gasteiger charge is 2.37. The van der Waals surface area contributed by atoms with Crippen LogP contribution in [0.4, 0.5) is 0 Å². The van der Waals surface area contributed by atoms with E-state index in [-0.39, 0.29) is 0 Å². The van der Waals surface area contributed by atoms with Gasteiger partial charge < -0.3 is 9.13 Å². The van der Waals surface area contributed by atoms with E-state index in [1.807, 2.05) is 18.2 Å². The summed E-state index contributed by atoms with van der Waals surface area (Å²) in [6.07, 6.45) is 0. The van der Waals surface area contributed by atoms with Crippen molar-refractivity contribution in [3.05, 3.63) is 212 Å². The van der Waals surface area contributed by atoms with Crippen molar-refractivity contribution in [2.75, 3.05) is 0 Å². The van der Waals surface area contributed by atoms with E-state index in [4.69, 9.17) is 15.0 Å². The SMILES string of the molecule is C[Si]1(C)c2ccccc2-c2ccc(-c3nc(-c4ccccc4)nc(-c4cc(-n5c6ccccc6c6cccc(-n7c8ccccc8c8ccccc87)c65)ccc4-c4ccccc4)n3)cc21. The Bertz CT molecular complexity index is 3810. The number of aromatic nitrogens is 5. The minimum Gasteiger partial charge on any atom is -0.307 e. The molecule has 1 aliphatic heterocycles. The fourth-order valence-corrected chi connectivity index (χ4v) is 13.6. The van der Waals surface area contributed by atoms with Crippen LogP contribution < -0.4 is 10.4 Å². The van der Waals surface area contributed by atoms with Gasteiger partial charge in [-0.2, -0.15) is 0 Å². The van der Waals surface area contributed by atoms with Gasteiger partial charge in [-0.15, -0.1) is 0 Å². The van der Waals surface area contributed by atoms with Crippen molar-refractivity contribution in [3.63, 3.8) is 0 Å². The van der Waals surface area contributed by atoms with Crippen LogP contribution in [0.1, 0.15) is 0 Å². The molecular formula is C59H41N5Si. The number of hydrogen-bond acceptors (Lipinski definition) is 3. The molecule has 4 heterocycles. The van der Waals surface area contributed by atoms with Crippen LogP contribution in [-0.2, 0) is 0 Å². The van der Waals surface area contributed by atoms with Crippen LogP contribution in [0.3, 0.4) is 0 Å². The van der Waals surface area contributed by atoms with Gasteiger partial charge in [0.05, 0.1) is 27.8 Å². The highest BCUT2D eigenvalue weighted by molar-refractivity contribution is 7.03. The van der Waals surface area contributed by atoms with Crippen LogP contribution in [0.25, 0.3) is 111 Å². The fourth-order valence-electron chi connectivity index (χ4n) is 10.5. The second-order valence-corrected chi connectivity index (χ2v) is 21.9. The van der Waals surface area contributed by atoms with E-state index >= 15 is 0 Å². The first-order chi connectivity index (χ1) is 32.0. The normalized spacial score (nSPS) is 12.9. The van der Waals surface area contributed by atoms with Gasteiger partial charge in [-0.3, -0.25) is 0 Å². The third-order valence-electron chi connectivity index (χ3n) is 13.6. The van der Waals surface area contributed by atoms with Crippen LogP contribution in [0.5, 0.6) is 0 Å². The number of hydrogen-bond donors (Lipinski definition) is 0. The molecule has 0 amide bonds. The molecular weight excluding hydrogens is 807 g/mol. The molecule has 6 heteroatoms. The molecule has 0 spiro atoms. The van der Waals surface area contributed by atoms with E-state index in [0.29, 0.717) is 17.5 Å². The Morgan fingerprint density at radius 2 is 0.862 bits per heavy atom. The van der Waals surface area contributed by atoms with Crippen LogP contribution in [0.15, 0.2) is 212 Å². The highest BCUT2D eigenvalue weighted by atomic mass is 28.3. The summed E-state index contributed by atoms with van der Waals surface area (Å²) >= 11 is 0. The predicted molar refractivity (Wildman–Crippen MR) is 272 cm³/mol. The molecule has 1 aliphatic rings. The molecule has 12 aromatic rings. The third kappa shape index (κ3) is 5.74. The summed E-state index contributed by atoms with van der Waals surface area (Å²) in [6, 6.07) is 76.4. The Labute approximate surface area is 377 Å². The molecule has 65 heavy (non-hydrogen) atoms. The quantitative estimate of drug-likeness (QED) is 0.157. The maximum atomic E-state index is 5.46. The Hall–Kier alpha value is -8.19. The van der Waals surface area contributed by atoms with E-state index in [1.165, 1.54) is 54.1 Å². The molecule has 0 fully saturated rings. The summed E-state index contributed by atoms with van der Waals surface area (Å²) in [5, 5.41) is 7.73. The largest absolute Gasteiger partial charge is 0.307 e. The molecule has 5 nitrogen and oxygen atoms in total. The van der Waals surface area contributed by atoms with Gasteiger partial charge in [0, 0.05) is 43.9 Å². The van der Waals surface area contributed by atoms with Crippen molar-refractivity contribution >= 4 is 62.1 Å². The lowest BCUT2D eigenvalue weighted by atomic mass is 9.98. The van der Waals surface area contributed by atoms with Crippen molar-refractivity contribution in [2.24, 2.45) is 0 Å². The Kier molecular flexibility index (Phi) is 8.29. The smallest absolute Gasteiger partial charge is 0.164 e. The van der Waals surface area contributed by atoms with Gasteiger partial charge in [-0.05, 0) is 69.0 Å². The monoisotopic (exact) mass is 847 g/mol. The maximum absolute atomic E-state index is 5.46. The first kappa shape index (κ1) is 37.4. The predicted octanol–water partition coefficient (Wildman–Crippen LogP) is 13.5. The summed E-state index contributed by atoms with van der Waals surface area (Å²) in [6.45, 7) is 4.91. The van der Waals surface area contributed by atoms with Gasteiger partial charge in [0.1, 0.15) is 8.07 Å². The summed E-state index contributed by atoms with van der Waals surface area (Å²) in [4.78, 5) is 16.1. The zero-order chi connectivity index (χ0) is 43.2. The van der Waals surface area contributed by atoms with Crippen molar-refractivity contribution in [1.82, 2.24) is 24.1 Å². The van der Waals surface area contributed by atoms with E-state index < -0.39 is 8.07 Å². The maximum Gasteiger partial charge on any atom is 0.164 e. The Morgan fingerprint density at radius 1 is 0.338 bits per heavy atom. The molecule has 0 aliphatic carbocycles. The topological polar surface area (TPSA) is 48.5 Å². The molecule has 0 atom stereocenters. The zero-order valence-corrected chi connectivity index (χ0v) is 36.9. The van der Waals surface area contributed by atoms with Gasteiger partial charge >= 0.3 is 0 Å². The van der Waals surface area contributed by atoms with Gasteiger partial charge in [0.25, 0.3) is 0 Å².